The maximum atomic E-state index is 11.8. The summed E-state index contributed by atoms with van der Waals surface area (Å²) in [6.45, 7) is 0.670. The number of nitrogens with one attached hydrogen (secondary N) is 1. The van der Waals surface area contributed by atoms with E-state index in [1.807, 2.05) is 30.3 Å². The van der Waals surface area contributed by atoms with Gasteiger partial charge in [-0.2, -0.15) is 0 Å². The molecule has 0 saturated carbocycles. The van der Waals surface area contributed by atoms with E-state index in [1.54, 1.807) is 12.1 Å². The van der Waals surface area contributed by atoms with E-state index in [-0.39, 0.29) is 5.91 Å². The van der Waals surface area contributed by atoms with Crippen LogP contribution in [0.15, 0.2) is 42.5 Å². The van der Waals surface area contributed by atoms with Gasteiger partial charge in [0.1, 0.15) is 0 Å². The second-order valence-corrected chi connectivity index (χ2v) is 7.57. The fourth-order valence-corrected chi connectivity index (χ4v) is 3.66. The molecule has 24 heavy (non-hydrogen) atoms. The summed E-state index contributed by atoms with van der Waals surface area (Å²) in [6.07, 6.45) is 1.83. The Kier molecular flexibility index (Phi) is 8.26. The van der Waals surface area contributed by atoms with Crippen molar-refractivity contribution < 1.29 is 4.79 Å². The number of carbonyl (C=O) groups excluding carboxylic acids is 1. The topological polar surface area (TPSA) is 29.1 Å². The van der Waals surface area contributed by atoms with Gasteiger partial charge < -0.3 is 5.32 Å². The maximum absolute atomic E-state index is 11.8. The summed E-state index contributed by atoms with van der Waals surface area (Å²) in [5.74, 6) is 1.15. The van der Waals surface area contributed by atoms with Crippen LogP contribution >= 0.6 is 46.6 Å². The zero-order valence-corrected chi connectivity index (χ0v) is 16.1. The smallest absolute Gasteiger partial charge is 0.230 e. The molecule has 0 saturated heterocycles. The molecule has 128 valence electrons. The van der Waals surface area contributed by atoms with E-state index >= 15 is 0 Å². The third-order valence-corrected chi connectivity index (χ3v) is 5.20. The first-order valence-electron chi connectivity index (χ1n) is 7.57. The van der Waals surface area contributed by atoms with Gasteiger partial charge in [0.25, 0.3) is 0 Å². The lowest BCUT2D eigenvalue weighted by Gasteiger charge is -2.07. The SMILES string of the molecule is O=C(CSCc1ccc(Cl)cc1Cl)NCCCc1ccc(Cl)cc1. The van der Waals surface area contributed by atoms with Gasteiger partial charge in [0, 0.05) is 27.4 Å². The molecule has 0 bridgehead atoms. The Hall–Kier alpha value is -0.870. The summed E-state index contributed by atoms with van der Waals surface area (Å²) in [4.78, 5) is 11.8. The summed E-state index contributed by atoms with van der Waals surface area (Å²) in [5, 5.41) is 4.93. The van der Waals surface area contributed by atoms with E-state index < -0.39 is 0 Å². The monoisotopic (exact) mass is 401 g/mol. The Bertz CT molecular complexity index is 676. The molecule has 0 spiro atoms. The van der Waals surface area contributed by atoms with Gasteiger partial charge >= 0.3 is 0 Å². The summed E-state index contributed by atoms with van der Waals surface area (Å²) in [6, 6.07) is 13.2. The number of rotatable bonds is 8. The van der Waals surface area contributed by atoms with E-state index in [2.05, 4.69) is 5.32 Å². The van der Waals surface area contributed by atoms with E-state index in [4.69, 9.17) is 34.8 Å². The summed E-state index contributed by atoms with van der Waals surface area (Å²) >= 11 is 19.4. The fourth-order valence-electron chi connectivity index (χ4n) is 2.11. The van der Waals surface area contributed by atoms with Gasteiger partial charge in [-0.15, -0.1) is 11.8 Å². The third-order valence-electron chi connectivity index (χ3n) is 3.38. The fraction of sp³-hybridized carbons (Fsp3) is 0.278. The molecule has 2 aromatic carbocycles. The van der Waals surface area contributed by atoms with Crippen molar-refractivity contribution in [2.24, 2.45) is 0 Å². The van der Waals surface area contributed by atoms with Crippen LogP contribution < -0.4 is 5.32 Å². The molecule has 6 heteroatoms. The van der Waals surface area contributed by atoms with Gasteiger partial charge in [-0.1, -0.05) is 53.0 Å². The molecule has 2 aromatic rings. The van der Waals surface area contributed by atoms with Crippen LogP contribution in [0.3, 0.4) is 0 Å². The van der Waals surface area contributed by atoms with Crippen LogP contribution in [0.25, 0.3) is 0 Å². The quantitative estimate of drug-likeness (QED) is 0.580. The molecule has 0 radical (unpaired) electrons. The highest BCUT2D eigenvalue weighted by molar-refractivity contribution is 7.99. The van der Waals surface area contributed by atoms with Crippen molar-refractivity contribution in [1.29, 1.82) is 0 Å². The molecule has 0 unspecified atom stereocenters. The molecule has 0 fully saturated rings. The second-order valence-electron chi connectivity index (χ2n) is 5.31. The molecule has 1 amide bonds. The summed E-state index contributed by atoms with van der Waals surface area (Å²) in [7, 11) is 0. The molecule has 0 aliphatic rings. The number of hydrogen-bond donors (Lipinski definition) is 1. The van der Waals surface area contributed by atoms with Crippen LogP contribution in [-0.4, -0.2) is 18.2 Å². The highest BCUT2D eigenvalue weighted by Crippen LogP contribution is 2.24. The molecule has 2 rings (SSSR count). The van der Waals surface area contributed by atoms with E-state index in [0.717, 1.165) is 23.4 Å². The van der Waals surface area contributed by atoms with Gasteiger partial charge in [0.15, 0.2) is 0 Å². The van der Waals surface area contributed by atoms with Crippen LogP contribution in [0.1, 0.15) is 17.5 Å². The zero-order valence-electron chi connectivity index (χ0n) is 13.0. The first-order chi connectivity index (χ1) is 11.5. The normalized spacial score (nSPS) is 10.6. The highest BCUT2D eigenvalue weighted by Gasteiger charge is 2.05. The second kappa shape index (κ2) is 10.2. The summed E-state index contributed by atoms with van der Waals surface area (Å²) in [5.41, 5.74) is 2.21. The van der Waals surface area contributed by atoms with Crippen molar-refractivity contribution in [3.63, 3.8) is 0 Å². The zero-order chi connectivity index (χ0) is 17.4. The van der Waals surface area contributed by atoms with Crippen molar-refractivity contribution in [3.05, 3.63) is 68.7 Å². The molecule has 0 heterocycles. The molecule has 1 N–H and O–H groups in total. The largest absolute Gasteiger partial charge is 0.355 e. The number of benzene rings is 2. The van der Waals surface area contributed by atoms with Crippen molar-refractivity contribution in [3.8, 4) is 0 Å². The Morgan fingerprint density at radius 2 is 1.71 bits per heavy atom. The van der Waals surface area contributed by atoms with Crippen LogP contribution in [0.2, 0.25) is 15.1 Å². The molecule has 0 atom stereocenters. The Labute approximate surface area is 161 Å². The minimum Gasteiger partial charge on any atom is -0.355 e. The van der Waals surface area contributed by atoms with Gasteiger partial charge in [-0.05, 0) is 48.2 Å². The molecule has 0 aliphatic carbocycles. The molecule has 2 nitrogen and oxygen atoms in total. The van der Waals surface area contributed by atoms with E-state index in [9.17, 15) is 4.79 Å². The summed E-state index contributed by atoms with van der Waals surface area (Å²) < 4.78 is 0. The Morgan fingerprint density at radius 1 is 1.00 bits per heavy atom. The van der Waals surface area contributed by atoms with Gasteiger partial charge in [0.2, 0.25) is 5.91 Å². The van der Waals surface area contributed by atoms with E-state index in [0.29, 0.717) is 28.1 Å². The van der Waals surface area contributed by atoms with Gasteiger partial charge in [-0.3, -0.25) is 4.79 Å². The highest BCUT2D eigenvalue weighted by atomic mass is 35.5. The number of aryl methyl sites for hydroxylation is 1. The number of thioether (sulfide) groups is 1. The van der Waals surface area contributed by atoms with Crippen LogP contribution in [-0.2, 0) is 17.0 Å². The molecule has 0 aliphatic heterocycles. The Morgan fingerprint density at radius 3 is 2.42 bits per heavy atom. The number of halogens is 3. The maximum Gasteiger partial charge on any atom is 0.230 e. The average Bonchev–Trinajstić information content (AvgIpc) is 2.55. The van der Waals surface area contributed by atoms with Gasteiger partial charge in [0.05, 0.1) is 5.75 Å². The predicted molar refractivity (Wildman–Crippen MR) is 105 cm³/mol. The van der Waals surface area contributed by atoms with Gasteiger partial charge in [-0.25, -0.2) is 0 Å². The third kappa shape index (κ3) is 6.94. The lowest BCUT2D eigenvalue weighted by molar-refractivity contribution is -0.118. The predicted octanol–water partition coefficient (Wildman–Crippen LogP) is 5.63. The van der Waals surface area contributed by atoms with E-state index in [1.165, 1.54) is 17.3 Å². The molecular weight excluding hydrogens is 385 g/mol. The van der Waals surface area contributed by atoms with Crippen LogP contribution in [0.5, 0.6) is 0 Å². The molecule has 0 aromatic heterocycles. The van der Waals surface area contributed by atoms with Crippen molar-refractivity contribution in [1.82, 2.24) is 5.32 Å². The standard InChI is InChI=1S/C18H18Cl3NOS/c19-15-6-3-13(4-7-15)2-1-9-22-18(23)12-24-11-14-5-8-16(20)10-17(14)21/h3-8,10H,1-2,9,11-12H2,(H,22,23). The van der Waals surface area contributed by atoms with Crippen LogP contribution in [0.4, 0.5) is 0 Å². The first-order valence-corrected chi connectivity index (χ1v) is 9.86. The number of amides is 1. The molecular formula is C18H18Cl3NOS. The first kappa shape index (κ1) is 19.5. The number of carbonyl (C=O) groups is 1. The lowest BCUT2D eigenvalue weighted by atomic mass is 10.1. The van der Waals surface area contributed by atoms with Crippen molar-refractivity contribution >= 4 is 52.5 Å². The van der Waals surface area contributed by atoms with Crippen LogP contribution in [0, 0.1) is 0 Å². The minimum atomic E-state index is 0.0428. The Balaban J connectivity index is 1.60. The van der Waals surface area contributed by atoms with Crippen molar-refractivity contribution in [2.75, 3.05) is 12.3 Å². The minimum absolute atomic E-state index is 0.0428. The van der Waals surface area contributed by atoms with Crippen molar-refractivity contribution in [2.45, 2.75) is 18.6 Å². The number of hydrogen-bond acceptors (Lipinski definition) is 2. The average molecular weight is 403 g/mol. The lowest BCUT2D eigenvalue weighted by Crippen LogP contribution is -2.26.